The molecule has 150 valence electrons. The number of morpholine rings is 1. The van der Waals surface area contributed by atoms with Crippen LogP contribution in [-0.4, -0.2) is 55.9 Å². The molecule has 0 saturated carbocycles. The number of benzene rings is 1. The standard InChI is InChI=1S/C17H22N4O3S.2ClH/c18-17(3-7-23-8-4-17)15(22)19-12-1-2-13-14(11-12)25-16(20-13)21-5-9-24-10-6-21;;/h1-2,11H,3-10,18H2,(H,19,22);2*1H. The number of nitrogens with one attached hydrogen (secondary N) is 1. The average Bonchev–Trinajstić information content (AvgIpc) is 3.06. The number of carbonyl (C=O) groups is 1. The van der Waals surface area contributed by atoms with E-state index in [1.807, 2.05) is 18.2 Å². The Labute approximate surface area is 174 Å². The van der Waals surface area contributed by atoms with Crippen molar-refractivity contribution in [3.05, 3.63) is 18.2 Å². The number of carbonyl (C=O) groups excluding carboxylic acids is 1. The van der Waals surface area contributed by atoms with E-state index >= 15 is 0 Å². The molecule has 4 rings (SSSR count). The first-order valence-electron chi connectivity index (χ1n) is 8.55. The number of rotatable bonds is 3. The molecule has 2 aromatic rings. The van der Waals surface area contributed by atoms with Crippen molar-refractivity contribution in [3.63, 3.8) is 0 Å². The van der Waals surface area contributed by atoms with E-state index in [4.69, 9.17) is 20.2 Å². The van der Waals surface area contributed by atoms with Gasteiger partial charge in [0, 0.05) is 32.0 Å². The first kappa shape index (κ1) is 22.1. The lowest BCUT2D eigenvalue weighted by atomic mass is 9.90. The summed E-state index contributed by atoms with van der Waals surface area (Å²) >= 11 is 1.64. The predicted molar refractivity (Wildman–Crippen MR) is 113 cm³/mol. The van der Waals surface area contributed by atoms with E-state index in [2.05, 4.69) is 10.2 Å². The van der Waals surface area contributed by atoms with Crippen LogP contribution in [-0.2, 0) is 14.3 Å². The van der Waals surface area contributed by atoms with Gasteiger partial charge in [-0.2, -0.15) is 0 Å². The number of anilines is 2. The summed E-state index contributed by atoms with van der Waals surface area (Å²) < 4.78 is 11.7. The van der Waals surface area contributed by atoms with Gasteiger partial charge in [-0.1, -0.05) is 11.3 Å². The molecule has 1 amide bonds. The van der Waals surface area contributed by atoms with Crippen molar-refractivity contribution in [2.75, 3.05) is 49.7 Å². The number of halogens is 2. The third kappa shape index (κ3) is 4.82. The summed E-state index contributed by atoms with van der Waals surface area (Å²) in [7, 11) is 0. The van der Waals surface area contributed by atoms with Crippen LogP contribution in [0.2, 0.25) is 0 Å². The fourth-order valence-electron chi connectivity index (χ4n) is 3.10. The third-order valence-corrected chi connectivity index (χ3v) is 5.83. The van der Waals surface area contributed by atoms with E-state index in [9.17, 15) is 4.79 Å². The van der Waals surface area contributed by atoms with Gasteiger partial charge < -0.3 is 25.4 Å². The fraction of sp³-hybridized carbons (Fsp3) is 0.529. The van der Waals surface area contributed by atoms with Gasteiger partial charge in [0.25, 0.3) is 0 Å². The molecule has 2 aliphatic heterocycles. The van der Waals surface area contributed by atoms with Crippen LogP contribution in [0.25, 0.3) is 10.2 Å². The van der Waals surface area contributed by atoms with Gasteiger partial charge in [0.2, 0.25) is 5.91 Å². The maximum atomic E-state index is 12.6. The van der Waals surface area contributed by atoms with Crippen LogP contribution < -0.4 is 16.0 Å². The second-order valence-corrected chi connectivity index (χ2v) is 7.51. The molecular formula is C17H24Cl2N4O3S. The molecule has 7 nitrogen and oxygen atoms in total. The van der Waals surface area contributed by atoms with Gasteiger partial charge in [0.1, 0.15) is 5.54 Å². The summed E-state index contributed by atoms with van der Waals surface area (Å²) in [5.41, 5.74) is 7.10. The molecule has 2 aliphatic rings. The number of nitrogens with zero attached hydrogens (tertiary/aromatic N) is 2. The van der Waals surface area contributed by atoms with E-state index in [1.165, 1.54) is 0 Å². The summed E-state index contributed by atoms with van der Waals surface area (Å²) in [5, 5.41) is 3.96. The Bertz CT molecular complexity index is 777. The summed E-state index contributed by atoms with van der Waals surface area (Å²) in [5.74, 6) is -0.145. The quantitative estimate of drug-likeness (QED) is 0.770. The molecule has 2 fully saturated rings. The molecule has 0 aliphatic carbocycles. The zero-order valence-electron chi connectivity index (χ0n) is 14.8. The Hall–Kier alpha value is -1.16. The van der Waals surface area contributed by atoms with Crippen molar-refractivity contribution < 1.29 is 14.3 Å². The highest BCUT2D eigenvalue weighted by atomic mass is 35.5. The first-order chi connectivity index (χ1) is 12.1. The lowest BCUT2D eigenvalue weighted by Gasteiger charge is -2.31. The molecule has 2 saturated heterocycles. The molecule has 0 atom stereocenters. The zero-order chi connectivity index (χ0) is 17.3. The second-order valence-electron chi connectivity index (χ2n) is 6.50. The van der Waals surface area contributed by atoms with Gasteiger partial charge in [0.05, 0.1) is 23.4 Å². The van der Waals surface area contributed by atoms with Gasteiger partial charge >= 0.3 is 0 Å². The Morgan fingerprint density at radius 1 is 1.15 bits per heavy atom. The SMILES string of the molecule is Cl.Cl.NC1(C(=O)Nc2ccc3nc(N4CCOCC4)sc3c2)CCOCC1. The van der Waals surface area contributed by atoms with Crippen LogP contribution in [0.15, 0.2) is 18.2 Å². The van der Waals surface area contributed by atoms with Crippen molar-refractivity contribution in [2.45, 2.75) is 18.4 Å². The van der Waals surface area contributed by atoms with Crippen LogP contribution >= 0.6 is 36.2 Å². The number of amides is 1. The first-order valence-corrected chi connectivity index (χ1v) is 9.37. The molecule has 3 N–H and O–H groups in total. The van der Waals surface area contributed by atoms with Gasteiger partial charge in [-0.05, 0) is 31.0 Å². The van der Waals surface area contributed by atoms with E-state index in [0.29, 0.717) is 26.1 Å². The van der Waals surface area contributed by atoms with Crippen LogP contribution in [0, 0.1) is 0 Å². The molecule has 1 aromatic carbocycles. The van der Waals surface area contributed by atoms with Crippen LogP contribution in [0.1, 0.15) is 12.8 Å². The lowest BCUT2D eigenvalue weighted by molar-refractivity contribution is -0.124. The normalized spacial score (nSPS) is 19.1. The number of thiazole rings is 1. The van der Waals surface area contributed by atoms with Crippen molar-refractivity contribution in [2.24, 2.45) is 5.73 Å². The van der Waals surface area contributed by atoms with E-state index in [0.717, 1.165) is 47.3 Å². The largest absolute Gasteiger partial charge is 0.381 e. The molecule has 27 heavy (non-hydrogen) atoms. The molecule has 0 spiro atoms. The number of hydrogen-bond donors (Lipinski definition) is 2. The lowest BCUT2D eigenvalue weighted by Crippen LogP contribution is -2.54. The summed E-state index contributed by atoms with van der Waals surface area (Å²) in [6.07, 6.45) is 1.09. The molecular weight excluding hydrogens is 411 g/mol. The molecule has 1 aromatic heterocycles. The molecule has 0 bridgehead atoms. The number of nitrogens with two attached hydrogens (primary N) is 1. The highest BCUT2D eigenvalue weighted by Crippen LogP contribution is 2.31. The summed E-state index contributed by atoms with van der Waals surface area (Å²) in [6, 6.07) is 5.79. The number of ether oxygens (including phenoxy) is 2. The third-order valence-electron chi connectivity index (χ3n) is 4.75. The number of hydrogen-bond acceptors (Lipinski definition) is 7. The average molecular weight is 435 g/mol. The van der Waals surface area contributed by atoms with Crippen LogP contribution in [0.4, 0.5) is 10.8 Å². The fourth-order valence-corrected chi connectivity index (χ4v) is 4.15. The number of aromatic nitrogens is 1. The molecule has 3 heterocycles. The van der Waals surface area contributed by atoms with E-state index < -0.39 is 5.54 Å². The van der Waals surface area contributed by atoms with E-state index in [1.54, 1.807) is 11.3 Å². The summed E-state index contributed by atoms with van der Waals surface area (Å²) in [4.78, 5) is 19.5. The Balaban J connectivity index is 0.00000131. The van der Waals surface area contributed by atoms with Gasteiger partial charge in [0.15, 0.2) is 5.13 Å². The minimum atomic E-state index is -0.847. The Kier molecular flexibility index (Phi) is 7.67. The van der Waals surface area contributed by atoms with E-state index in [-0.39, 0.29) is 30.7 Å². The van der Waals surface area contributed by atoms with Crippen molar-refractivity contribution >= 4 is 63.1 Å². The Morgan fingerprint density at radius 3 is 2.52 bits per heavy atom. The molecule has 0 unspecified atom stereocenters. The predicted octanol–water partition coefficient (Wildman–Crippen LogP) is 2.42. The summed E-state index contributed by atoms with van der Waals surface area (Å²) in [6.45, 7) is 4.25. The van der Waals surface area contributed by atoms with Gasteiger partial charge in [-0.15, -0.1) is 24.8 Å². The molecule has 0 radical (unpaired) electrons. The van der Waals surface area contributed by atoms with Crippen molar-refractivity contribution in [1.29, 1.82) is 0 Å². The van der Waals surface area contributed by atoms with Gasteiger partial charge in [-0.3, -0.25) is 4.79 Å². The second kappa shape index (κ2) is 9.36. The number of fused-ring (bicyclic) bond motifs is 1. The topological polar surface area (TPSA) is 89.7 Å². The van der Waals surface area contributed by atoms with Crippen molar-refractivity contribution in [1.82, 2.24) is 4.98 Å². The maximum Gasteiger partial charge on any atom is 0.244 e. The maximum absolute atomic E-state index is 12.6. The minimum absolute atomic E-state index is 0. The minimum Gasteiger partial charge on any atom is -0.381 e. The van der Waals surface area contributed by atoms with Crippen molar-refractivity contribution in [3.8, 4) is 0 Å². The van der Waals surface area contributed by atoms with Gasteiger partial charge in [-0.25, -0.2) is 4.98 Å². The van der Waals surface area contributed by atoms with Crippen LogP contribution in [0.5, 0.6) is 0 Å². The highest BCUT2D eigenvalue weighted by molar-refractivity contribution is 7.22. The smallest absolute Gasteiger partial charge is 0.244 e. The zero-order valence-corrected chi connectivity index (χ0v) is 17.3. The highest BCUT2D eigenvalue weighted by Gasteiger charge is 2.35. The molecule has 10 heteroatoms. The monoisotopic (exact) mass is 434 g/mol. The van der Waals surface area contributed by atoms with Crippen LogP contribution in [0.3, 0.4) is 0 Å². The Morgan fingerprint density at radius 2 is 1.81 bits per heavy atom.